The first-order chi connectivity index (χ1) is 3.68. The van der Waals surface area contributed by atoms with E-state index in [0.29, 0.717) is 6.54 Å². The van der Waals surface area contributed by atoms with Gasteiger partial charge in [0.05, 0.1) is 5.60 Å². The minimum Gasteiger partial charge on any atom is -0.373 e. The second kappa shape index (κ2) is 2.84. The van der Waals surface area contributed by atoms with Crippen molar-refractivity contribution in [1.82, 2.24) is 0 Å². The number of nitrogens with two attached hydrogens (primary N) is 1. The molecule has 0 aliphatic heterocycles. The molecule has 0 heterocycles. The van der Waals surface area contributed by atoms with Gasteiger partial charge in [0.1, 0.15) is 0 Å². The lowest BCUT2D eigenvalue weighted by atomic mass is 10.1. The molecule has 2 heteroatoms. The minimum atomic E-state index is -0.333. The van der Waals surface area contributed by atoms with Crippen molar-refractivity contribution in [2.24, 2.45) is 5.73 Å². The van der Waals surface area contributed by atoms with Crippen LogP contribution in [0.25, 0.3) is 0 Å². The van der Waals surface area contributed by atoms with Gasteiger partial charge in [-0.25, -0.2) is 0 Å². The molecule has 0 aromatic heterocycles. The Kier molecular flexibility index (Phi) is 2.72. The molecule has 8 heavy (non-hydrogen) atoms. The fourth-order valence-corrected chi connectivity index (χ4v) is 0.250. The Bertz CT molecular complexity index is 76.6. The van der Waals surface area contributed by atoms with Gasteiger partial charge in [-0.1, -0.05) is 6.08 Å². The summed E-state index contributed by atoms with van der Waals surface area (Å²) in [5.74, 6) is 0. The first kappa shape index (κ1) is 7.66. The van der Waals surface area contributed by atoms with Gasteiger partial charge >= 0.3 is 0 Å². The normalized spacial score (nSPS) is 17.4. The van der Waals surface area contributed by atoms with E-state index in [-0.39, 0.29) is 5.60 Å². The Morgan fingerprint density at radius 2 is 2.38 bits per heavy atom. The molecule has 0 spiro atoms. The van der Waals surface area contributed by atoms with E-state index in [1.165, 1.54) is 0 Å². The third-order valence-electron chi connectivity index (χ3n) is 1.30. The summed E-state index contributed by atoms with van der Waals surface area (Å²) in [5.41, 5.74) is 5.00. The summed E-state index contributed by atoms with van der Waals surface area (Å²) in [6.45, 7) is 5.94. The lowest BCUT2D eigenvalue weighted by Crippen LogP contribution is -2.33. The number of ether oxygens (including phenoxy) is 1. The molecule has 2 nitrogen and oxygen atoms in total. The Labute approximate surface area is 50.3 Å². The molecule has 0 aliphatic carbocycles. The molecule has 0 saturated carbocycles. The van der Waals surface area contributed by atoms with Crippen molar-refractivity contribution >= 4 is 0 Å². The summed E-state index contributed by atoms with van der Waals surface area (Å²) >= 11 is 0. The molecule has 0 amide bonds. The zero-order valence-corrected chi connectivity index (χ0v) is 5.48. The minimum absolute atomic E-state index is 0.333. The standard InChI is InChI=1S/C6H13NO/c1-4-6(2,5-7)8-3/h4H,1,5,7H2,2-3H3. The Balaban J connectivity index is 3.76. The van der Waals surface area contributed by atoms with Gasteiger partial charge in [-0.15, -0.1) is 6.58 Å². The van der Waals surface area contributed by atoms with Gasteiger partial charge in [0.2, 0.25) is 0 Å². The van der Waals surface area contributed by atoms with Crippen molar-refractivity contribution in [3.05, 3.63) is 12.7 Å². The molecule has 0 fully saturated rings. The average Bonchev–Trinajstić information content (AvgIpc) is 1.87. The number of methoxy groups -OCH3 is 1. The SMILES string of the molecule is C=CC(C)(CN)OC. The predicted molar refractivity (Wildman–Crippen MR) is 34.7 cm³/mol. The highest BCUT2D eigenvalue weighted by molar-refractivity contribution is 4.93. The van der Waals surface area contributed by atoms with Crippen LogP contribution in [0.4, 0.5) is 0 Å². The molecule has 0 aliphatic rings. The lowest BCUT2D eigenvalue weighted by Gasteiger charge is -2.20. The zero-order valence-electron chi connectivity index (χ0n) is 5.48. The molecule has 0 saturated heterocycles. The van der Waals surface area contributed by atoms with E-state index in [0.717, 1.165) is 0 Å². The zero-order chi connectivity index (χ0) is 6.62. The highest BCUT2D eigenvalue weighted by Crippen LogP contribution is 2.05. The first-order valence-corrected chi connectivity index (χ1v) is 2.57. The van der Waals surface area contributed by atoms with E-state index in [9.17, 15) is 0 Å². The van der Waals surface area contributed by atoms with E-state index in [1.807, 2.05) is 6.92 Å². The highest BCUT2D eigenvalue weighted by Gasteiger charge is 2.14. The van der Waals surface area contributed by atoms with Gasteiger partial charge < -0.3 is 10.5 Å². The monoisotopic (exact) mass is 115 g/mol. The fourth-order valence-electron chi connectivity index (χ4n) is 0.250. The maximum absolute atomic E-state index is 5.33. The van der Waals surface area contributed by atoms with E-state index in [1.54, 1.807) is 13.2 Å². The molecular formula is C6H13NO. The van der Waals surface area contributed by atoms with Gasteiger partial charge in [-0.05, 0) is 6.92 Å². The second-order valence-electron chi connectivity index (χ2n) is 1.93. The van der Waals surface area contributed by atoms with Crippen LogP contribution in [0.5, 0.6) is 0 Å². The first-order valence-electron chi connectivity index (χ1n) is 2.57. The lowest BCUT2D eigenvalue weighted by molar-refractivity contribution is 0.0568. The summed E-state index contributed by atoms with van der Waals surface area (Å²) in [7, 11) is 1.62. The summed E-state index contributed by atoms with van der Waals surface area (Å²) in [6, 6.07) is 0. The van der Waals surface area contributed by atoms with Crippen LogP contribution in [0.2, 0.25) is 0 Å². The van der Waals surface area contributed by atoms with Gasteiger partial charge in [-0.3, -0.25) is 0 Å². The van der Waals surface area contributed by atoms with Crippen LogP contribution in [0.1, 0.15) is 6.92 Å². The molecule has 0 aromatic carbocycles. The Hall–Kier alpha value is -0.340. The Morgan fingerprint density at radius 1 is 1.88 bits per heavy atom. The van der Waals surface area contributed by atoms with Crippen LogP contribution in [-0.4, -0.2) is 19.3 Å². The van der Waals surface area contributed by atoms with Crippen molar-refractivity contribution < 1.29 is 4.74 Å². The van der Waals surface area contributed by atoms with Crippen molar-refractivity contribution in [1.29, 1.82) is 0 Å². The van der Waals surface area contributed by atoms with Crippen LogP contribution >= 0.6 is 0 Å². The average molecular weight is 115 g/mol. The van der Waals surface area contributed by atoms with Crippen LogP contribution in [0.15, 0.2) is 12.7 Å². The van der Waals surface area contributed by atoms with Crippen molar-refractivity contribution in [2.45, 2.75) is 12.5 Å². The van der Waals surface area contributed by atoms with E-state index in [2.05, 4.69) is 6.58 Å². The number of hydrogen-bond donors (Lipinski definition) is 1. The van der Waals surface area contributed by atoms with Gasteiger partial charge in [0.15, 0.2) is 0 Å². The maximum atomic E-state index is 5.33. The molecule has 0 rings (SSSR count). The molecule has 1 unspecified atom stereocenters. The third kappa shape index (κ3) is 1.64. The molecule has 0 aromatic rings. The van der Waals surface area contributed by atoms with Crippen LogP contribution in [-0.2, 0) is 4.74 Å². The molecule has 2 N–H and O–H groups in total. The summed E-state index contributed by atoms with van der Waals surface area (Å²) in [5, 5.41) is 0. The predicted octanol–water partition coefficient (Wildman–Crippen LogP) is 0.536. The summed E-state index contributed by atoms with van der Waals surface area (Å²) < 4.78 is 4.99. The van der Waals surface area contributed by atoms with Crippen molar-refractivity contribution in [3.8, 4) is 0 Å². The van der Waals surface area contributed by atoms with Crippen LogP contribution in [0.3, 0.4) is 0 Å². The van der Waals surface area contributed by atoms with Crippen molar-refractivity contribution in [2.75, 3.05) is 13.7 Å². The molecular weight excluding hydrogens is 102 g/mol. The van der Waals surface area contributed by atoms with Gasteiger partial charge in [0, 0.05) is 13.7 Å². The number of hydrogen-bond acceptors (Lipinski definition) is 2. The van der Waals surface area contributed by atoms with Crippen LogP contribution < -0.4 is 5.73 Å². The van der Waals surface area contributed by atoms with Crippen LogP contribution in [0, 0.1) is 0 Å². The number of rotatable bonds is 3. The van der Waals surface area contributed by atoms with E-state index in [4.69, 9.17) is 10.5 Å². The smallest absolute Gasteiger partial charge is 0.0949 e. The fraction of sp³-hybridized carbons (Fsp3) is 0.667. The third-order valence-corrected chi connectivity index (χ3v) is 1.30. The quantitative estimate of drug-likeness (QED) is 0.545. The molecule has 1 atom stereocenters. The van der Waals surface area contributed by atoms with E-state index < -0.39 is 0 Å². The molecule has 0 bridgehead atoms. The highest BCUT2D eigenvalue weighted by atomic mass is 16.5. The van der Waals surface area contributed by atoms with E-state index >= 15 is 0 Å². The molecule has 48 valence electrons. The van der Waals surface area contributed by atoms with Gasteiger partial charge in [-0.2, -0.15) is 0 Å². The maximum Gasteiger partial charge on any atom is 0.0949 e. The second-order valence-corrected chi connectivity index (χ2v) is 1.93. The topological polar surface area (TPSA) is 35.2 Å². The summed E-state index contributed by atoms with van der Waals surface area (Å²) in [4.78, 5) is 0. The van der Waals surface area contributed by atoms with Crippen molar-refractivity contribution in [3.63, 3.8) is 0 Å². The Morgan fingerprint density at radius 3 is 2.38 bits per heavy atom. The largest absolute Gasteiger partial charge is 0.373 e. The van der Waals surface area contributed by atoms with Gasteiger partial charge in [0.25, 0.3) is 0 Å². The molecule has 0 radical (unpaired) electrons. The summed E-state index contributed by atoms with van der Waals surface area (Å²) in [6.07, 6.45) is 1.70.